The van der Waals surface area contributed by atoms with Crippen molar-refractivity contribution in [1.82, 2.24) is 16.1 Å². The van der Waals surface area contributed by atoms with Crippen LogP contribution < -0.4 is 35.0 Å². The van der Waals surface area contributed by atoms with Crippen molar-refractivity contribution in [2.24, 2.45) is 5.10 Å². The lowest BCUT2D eigenvalue weighted by Gasteiger charge is -2.28. The summed E-state index contributed by atoms with van der Waals surface area (Å²) >= 11 is 3.47. The predicted octanol–water partition coefficient (Wildman–Crippen LogP) is 4.90. The van der Waals surface area contributed by atoms with Crippen LogP contribution in [-0.2, 0) is 20.9 Å². The second kappa shape index (κ2) is 15.8. The van der Waals surface area contributed by atoms with Crippen LogP contribution in [0.3, 0.4) is 0 Å². The molecule has 0 aromatic heterocycles. The number of hydrogen-bond acceptors (Lipinski definition) is 9. The maximum Gasteiger partial charge on any atom is 0.338 e. The van der Waals surface area contributed by atoms with E-state index in [0.29, 0.717) is 32.8 Å². The summed E-state index contributed by atoms with van der Waals surface area (Å²) in [6, 6.07) is 13.0. The maximum absolute atomic E-state index is 13.2. The highest BCUT2D eigenvalue weighted by molar-refractivity contribution is 9.10. The van der Waals surface area contributed by atoms with Crippen molar-refractivity contribution in [3.63, 3.8) is 0 Å². The molecule has 3 aromatic rings. The summed E-state index contributed by atoms with van der Waals surface area (Å²) < 4.78 is 41.4. The van der Waals surface area contributed by atoms with E-state index in [2.05, 4.69) is 37.1 Å². The first-order valence-electron chi connectivity index (χ1n) is 14.0. The van der Waals surface area contributed by atoms with E-state index < -0.39 is 23.9 Å². The number of allylic oxidation sites excluding steroid dienone is 1. The van der Waals surface area contributed by atoms with Crippen molar-refractivity contribution in [3.05, 3.63) is 92.8 Å². The minimum atomic E-state index is -0.789. The van der Waals surface area contributed by atoms with Crippen molar-refractivity contribution in [3.8, 4) is 23.0 Å². The number of urea groups is 1. The fraction of sp³-hybridized carbons (Fsp3) is 0.250. The van der Waals surface area contributed by atoms with Gasteiger partial charge in [-0.25, -0.2) is 19.4 Å². The van der Waals surface area contributed by atoms with Crippen LogP contribution in [0.4, 0.5) is 9.18 Å². The standard InChI is InChI=1S/C32H32BrFN4O8/c1-5-44-31(40)28-18(2)36-32(41)37-29(28)21-8-11-24(25(14-21)42-3)45-17-27(39)38-35-15-20-12-23(33)30(26(13-20)43-4)46-16-19-6-9-22(34)10-7-19/h6-15,29H,5,16-17H2,1-4H3,(H,38,39)(H2,36,37,41)/b35-15-/t29-/m1/s1. The second-order valence-corrected chi connectivity index (χ2v) is 10.6. The zero-order valence-electron chi connectivity index (χ0n) is 25.4. The molecule has 1 aliphatic heterocycles. The number of rotatable bonds is 13. The molecule has 0 saturated heterocycles. The molecule has 0 unspecified atom stereocenters. The van der Waals surface area contributed by atoms with Crippen LogP contribution in [0.25, 0.3) is 0 Å². The van der Waals surface area contributed by atoms with Gasteiger partial charge >= 0.3 is 12.0 Å². The summed E-state index contributed by atoms with van der Waals surface area (Å²) in [5.41, 5.74) is 4.96. The van der Waals surface area contributed by atoms with Gasteiger partial charge in [0.25, 0.3) is 5.91 Å². The molecule has 14 heteroatoms. The van der Waals surface area contributed by atoms with Gasteiger partial charge in [-0.3, -0.25) is 4.79 Å². The minimum absolute atomic E-state index is 0.172. The Morgan fingerprint density at radius 3 is 2.46 bits per heavy atom. The summed E-state index contributed by atoms with van der Waals surface area (Å²) in [7, 11) is 2.92. The average molecular weight is 700 g/mol. The van der Waals surface area contributed by atoms with Gasteiger partial charge in [-0.2, -0.15) is 5.10 Å². The first-order chi connectivity index (χ1) is 22.1. The highest BCUT2D eigenvalue weighted by Crippen LogP contribution is 2.37. The number of ether oxygens (including phenoxy) is 5. The second-order valence-electron chi connectivity index (χ2n) is 9.73. The molecule has 0 bridgehead atoms. The quantitative estimate of drug-likeness (QED) is 0.130. The lowest BCUT2D eigenvalue weighted by Crippen LogP contribution is -2.45. The molecule has 0 fully saturated rings. The van der Waals surface area contributed by atoms with Crippen LogP contribution in [0.5, 0.6) is 23.0 Å². The number of benzene rings is 3. The molecule has 0 spiro atoms. The molecule has 3 aromatic carbocycles. The largest absolute Gasteiger partial charge is 0.493 e. The fourth-order valence-corrected chi connectivity index (χ4v) is 5.03. The third kappa shape index (κ3) is 8.53. The van der Waals surface area contributed by atoms with Crippen molar-refractivity contribution < 1.29 is 42.5 Å². The number of hydrogen-bond donors (Lipinski definition) is 3. The van der Waals surface area contributed by atoms with Crippen molar-refractivity contribution in [1.29, 1.82) is 0 Å². The molecular formula is C32H32BrFN4O8. The molecule has 1 atom stereocenters. The van der Waals surface area contributed by atoms with Crippen LogP contribution in [-0.4, -0.2) is 51.6 Å². The number of esters is 1. The zero-order chi connectivity index (χ0) is 33.2. The van der Waals surface area contributed by atoms with E-state index in [-0.39, 0.29) is 42.7 Å². The lowest BCUT2D eigenvalue weighted by molar-refractivity contribution is -0.139. The molecular weight excluding hydrogens is 667 g/mol. The molecule has 1 aliphatic rings. The van der Waals surface area contributed by atoms with E-state index in [1.165, 1.54) is 32.6 Å². The number of carbonyl (C=O) groups excluding carboxylic acids is 3. The number of methoxy groups -OCH3 is 2. The molecule has 1 heterocycles. The lowest BCUT2D eigenvalue weighted by atomic mass is 9.95. The predicted molar refractivity (Wildman–Crippen MR) is 169 cm³/mol. The molecule has 242 valence electrons. The van der Waals surface area contributed by atoms with E-state index in [0.717, 1.165) is 5.56 Å². The molecule has 3 amide bonds. The number of amides is 3. The van der Waals surface area contributed by atoms with Crippen LogP contribution in [0.1, 0.15) is 36.6 Å². The molecule has 0 radical (unpaired) electrons. The summed E-state index contributed by atoms with van der Waals surface area (Å²) in [5.74, 6) is -0.0227. The van der Waals surface area contributed by atoms with Crippen LogP contribution in [0, 0.1) is 5.82 Å². The van der Waals surface area contributed by atoms with Crippen LogP contribution in [0.15, 0.2) is 75.4 Å². The Labute approximate surface area is 273 Å². The number of nitrogens with one attached hydrogen (secondary N) is 3. The van der Waals surface area contributed by atoms with Gasteiger partial charge in [0.1, 0.15) is 12.4 Å². The molecule has 12 nitrogen and oxygen atoms in total. The highest BCUT2D eigenvalue weighted by atomic mass is 79.9. The topological polar surface area (TPSA) is 146 Å². The fourth-order valence-electron chi connectivity index (χ4n) is 4.45. The Kier molecular flexibility index (Phi) is 11.6. The van der Waals surface area contributed by atoms with Gasteiger partial charge in [-0.1, -0.05) is 18.2 Å². The SMILES string of the molecule is CCOC(=O)C1=C(C)NC(=O)N[C@@H]1c1ccc(OCC(=O)N/N=C\c2cc(Br)c(OCc3ccc(F)cc3)c(OC)c2)c(OC)c1. The van der Waals surface area contributed by atoms with E-state index in [9.17, 15) is 18.8 Å². The summed E-state index contributed by atoms with van der Waals surface area (Å²) in [6.07, 6.45) is 1.42. The number of hydrazone groups is 1. The highest BCUT2D eigenvalue weighted by Gasteiger charge is 2.32. The van der Waals surface area contributed by atoms with E-state index in [1.807, 2.05) is 0 Å². The average Bonchev–Trinajstić information content (AvgIpc) is 3.03. The third-order valence-corrected chi connectivity index (χ3v) is 7.18. The third-order valence-electron chi connectivity index (χ3n) is 6.60. The number of halogens is 2. The Balaban J connectivity index is 1.37. The Bertz CT molecular complexity index is 1660. The first-order valence-corrected chi connectivity index (χ1v) is 14.8. The smallest absolute Gasteiger partial charge is 0.338 e. The van der Waals surface area contributed by atoms with Gasteiger partial charge in [0.05, 0.1) is 43.1 Å². The van der Waals surface area contributed by atoms with Gasteiger partial charge in [0, 0.05) is 5.70 Å². The van der Waals surface area contributed by atoms with E-state index >= 15 is 0 Å². The van der Waals surface area contributed by atoms with Gasteiger partial charge in [-0.05, 0) is 82.9 Å². The summed E-state index contributed by atoms with van der Waals surface area (Å²) in [5, 5.41) is 9.30. The van der Waals surface area contributed by atoms with Gasteiger partial charge in [0.2, 0.25) is 0 Å². The van der Waals surface area contributed by atoms with Gasteiger partial charge in [0.15, 0.2) is 29.6 Å². The van der Waals surface area contributed by atoms with Crippen LogP contribution in [0.2, 0.25) is 0 Å². The number of nitrogens with zero attached hydrogens (tertiary/aromatic N) is 1. The Hall–Kier alpha value is -5.11. The Morgan fingerprint density at radius 1 is 1.02 bits per heavy atom. The summed E-state index contributed by atoms with van der Waals surface area (Å²) in [4.78, 5) is 37.3. The molecule has 3 N–H and O–H groups in total. The maximum atomic E-state index is 13.2. The minimum Gasteiger partial charge on any atom is -0.493 e. The monoisotopic (exact) mass is 698 g/mol. The van der Waals surface area contributed by atoms with Crippen LogP contribution >= 0.6 is 15.9 Å². The zero-order valence-corrected chi connectivity index (χ0v) is 27.0. The Morgan fingerprint density at radius 2 is 1.76 bits per heavy atom. The van der Waals surface area contributed by atoms with Gasteiger partial charge < -0.3 is 34.3 Å². The summed E-state index contributed by atoms with van der Waals surface area (Å²) in [6.45, 7) is 3.30. The normalized spacial score (nSPS) is 14.3. The van der Waals surface area contributed by atoms with Gasteiger partial charge in [-0.15, -0.1) is 0 Å². The molecule has 4 rings (SSSR count). The first kappa shape index (κ1) is 33.8. The van der Waals surface area contributed by atoms with E-state index in [4.69, 9.17) is 23.7 Å². The van der Waals surface area contributed by atoms with E-state index in [1.54, 1.807) is 56.3 Å². The number of carbonyl (C=O) groups is 3. The molecule has 0 aliphatic carbocycles. The molecule has 0 saturated carbocycles. The van der Waals surface area contributed by atoms with Crippen molar-refractivity contribution in [2.75, 3.05) is 27.4 Å². The van der Waals surface area contributed by atoms with Crippen molar-refractivity contribution in [2.45, 2.75) is 26.5 Å². The molecule has 46 heavy (non-hydrogen) atoms. The van der Waals surface area contributed by atoms with Crippen molar-refractivity contribution >= 4 is 40.1 Å².